The second kappa shape index (κ2) is 14.5. The highest BCUT2D eigenvalue weighted by atomic mass is 32.5. The molecular weight excluding hydrogens is 477 g/mol. The zero-order valence-electron chi connectivity index (χ0n) is 21.7. The van der Waals surface area contributed by atoms with Crippen LogP contribution >= 0.6 is 10.7 Å². The van der Waals surface area contributed by atoms with Crippen molar-refractivity contribution < 1.29 is 17.1 Å². The van der Waals surface area contributed by atoms with E-state index >= 15 is 0 Å². The SMILES string of the molecule is CC[SiH](CC)S[Si](CC)(CC)O[Si](CC)(CC)O[Si](CC)(CC)O[Si](O)(CC)CC. The summed E-state index contributed by atoms with van der Waals surface area (Å²) in [6, 6.07) is 10.2. The molecule has 0 aromatic rings. The van der Waals surface area contributed by atoms with Crippen molar-refractivity contribution in [3.63, 3.8) is 0 Å². The van der Waals surface area contributed by atoms with Crippen LogP contribution in [-0.2, 0) is 12.3 Å². The Bertz CT molecular complexity index is 452. The van der Waals surface area contributed by atoms with Crippen molar-refractivity contribution in [1.29, 1.82) is 0 Å². The Labute approximate surface area is 198 Å². The Hall–Kier alpha value is 1.27. The van der Waals surface area contributed by atoms with E-state index in [0.717, 1.165) is 48.4 Å². The molecule has 0 heterocycles. The highest BCUT2D eigenvalue weighted by Gasteiger charge is 2.52. The quantitative estimate of drug-likeness (QED) is 0.187. The predicted molar refractivity (Wildman–Crippen MR) is 148 cm³/mol. The predicted octanol–water partition coefficient (Wildman–Crippen LogP) is 7.45. The minimum Gasteiger partial charge on any atom is -0.428 e. The first-order valence-electron chi connectivity index (χ1n) is 12.6. The summed E-state index contributed by atoms with van der Waals surface area (Å²) in [5, 5.41) is 0. The van der Waals surface area contributed by atoms with Gasteiger partial charge in [0.15, 0.2) is 0 Å². The molecule has 0 aromatic heterocycles. The third-order valence-electron chi connectivity index (χ3n) is 6.75. The first-order valence-corrected chi connectivity index (χ1v) is 26.3. The molecule has 0 aliphatic carbocycles. The van der Waals surface area contributed by atoms with Crippen LogP contribution in [0, 0.1) is 0 Å². The zero-order valence-corrected chi connectivity index (χ0v) is 27.7. The van der Waals surface area contributed by atoms with E-state index in [-0.39, 0.29) is 0 Å². The Morgan fingerprint density at radius 3 is 1.27 bits per heavy atom. The first-order chi connectivity index (χ1) is 14.1. The normalized spacial score (nSPS) is 14.0. The van der Waals surface area contributed by atoms with Gasteiger partial charge < -0.3 is 17.1 Å². The second-order valence-electron chi connectivity index (χ2n) is 8.37. The van der Waals surface area contributed by atoms with Gasteiger partial charge in [0, 0.05) is 0 Å². The van der Waals surface area contributed by atoms with E-state index in [1.807, 2.05) is 0 Å². The molecule has 0 spiro atoms. The van der Waals surface area contributed by atoms with Gasteiger partial charge in [-0.1, -0.05) is 81.3 Å². The third-order valence-corrected chi connectivity index (χ3v) is 40.6. The van der Waals surface area contributed by atoms with Gasteiger partial charge in [-0.2, -0.15) is 10.7 Å². The number of hydrogen-bond acceptors (Lipinski definition) is 5. The lowest BCUT2D eigenvalue weighted by Gasteiger charge is -2.46. The molecule has 4 nitrogen and oxygen atoms in total. The van der Waals surface area contributed by atoms with E-state index < -0.39 is 41.1 Å². The largest absolute Gasteiger partial charge is 0.428 e. The molecule has 30 heavy (non-hydrogen) atoms. The molecule has 0 saturated carbocycles. The van der Waals surface area contributed by atoms with Gasteiger partial charge in [-0.05, 0) is 48.4 Å². The highest BCUT2D eigenvalue weighted by Crippen LogP contribution is 2.41. The van der Waals surface area contributed by atoms with Crippen LogP contribution in [0.3, 0.4) is 0 Å². The second-order valence-corrected chi connectivity index (χ2v) is 34.0. The van der Waals surface area contributed by atoms with Crippen LogP contribution in [0.5, 0.6) is 0 Å². The summed E-state index contributed by atoms with van der Waals surface area (Å²) in [6.07, 6.45) is 0. The molecule has 0 rings (SSSR count). The molecule has 0 bridgehead atoms. The van der Waals surface area contributed by atoms with Gasteiger partial charge in [-0.25, -0.2) is 0 Å². The summed E-state index contributed by atoms with van der Waals surface area (Å²) in [5.41, 5.74) is 0. The van der Waals surface area contributed by atoms with Gasteiger partial charge in [0.25, 0.3) is 0 Å². The molecule has 0 amide bonds. The van der Waals surface area contributed by atoms with Crippen LogP contribution in [0.15, 0.2) is 0 Å². The molecular formula is C20H52O4SSi5. The average Bonchev–Trinajstić information content (AvgIpc) is 2.80. The van der Waals surface area contributed by atoms with Crippen molar-refractivity contribution in [2.24, 2.45) is 0 Å². The monoisotopic (exact) mass is 528 g/mol. The molecule has 0 fully saturated rings. The molecule has 0 saturated heterocycles. The molecule has 0 unspecified atom stereocenters. The fourth-order valence-corrected chi connectivity index (χ4v) is 42.5. The van der Waals surface area contributed by atoms with E-state index in [4.69, 9.17) is 12.3 Å². The highest BCUT2D eigenvalue weighted by molar-refractivity contribution is 8.47. The molecule has 0 aromatic carbocycles. The van der Waals surface area contributed by atoms with Crippen molar-refractivity contribution >= 4 is 51.8 Å². The minimum atomic E-state index is -2.70. The van der Waals surface area contributed by atoms with Gasteiger partial charge in [0.2, 0.25) is 7.47 Å². The van der Waals surface area contributed by atoms with E-state index in [1.54, 1.807) is 0 Å². The maximum absolute atomic E-state index is 11.1. The van der Waals surface area contributed by atoms with Crippen LogP contribution in [0.1, 0.15) is 69.2 Å². The lowest BCUT2D eigenvalue weighted by molar-refractivity contribution is 0.272. The molecule has 182 valence electrons. The molecule has 10 heteroatoms. The molecule has 0 atom stereocenters. The fourth-order valence-electron chi connectivity index (χ4n) is 3.88. The van der Waals surface area contributed by atoms with E-state index in [0.29, 0.717) is 0 Å². The lowest BCUT2D eigenvalue weighted by atomic mass is 10.9. The molecule has 0 aliphatic heterocycles. The summed E-state index contributed by atoms with van der Waals surface area (Å²) in [7, 11) is -8.01. The Morgan fingerprint density at radius 2 is 0.967 bits per heavy atom. The van der Waals surface area contributed by atoms with Gasteiger partial charge in [-0.3, -0.25) is 0 Å². The van der Waals surface area contributed by atoms with Gasteiger partial charge >= 0.3 is 25.7 Å². The molecule has 1 N–H and O–H groups in total. The van der Waals surface area contributed by atoms with Crippen LogP contribution in [-0.4, -0.2) is 45.9 Å². The summed E-state index contributed by atoms with van der Waals surface area (Å²) in [6.45, 7) is 22.4. The van der Waals surface area contributed by atoms with Crippen molar-refractivity contribution in [1.82, 2.24) is 0 Å². The summed E-state index contributed by atoms with van der Waals surface area (Å²) < 4.78 is 21.2. The van der Waals surface area contributed by atoms with Gasteiger partial charge in [-0.15, -0.1) is 0 Å². The molecule has 0 radical (unpaired) electrons. The van der Waals surface area contributed by atoms with Crippen LogP contribution in [0.2, 0.25) is 60.4 Å². The Kier molecular flexibility index (Phi) is 15.1. The van der Waals surface area contributed by atoms with Crippen LogP contribution < -0.4 is 0 Å². The van der Waals surface area contributed by atoms with Gasteiger partial charge in [0.1, 0.15) is 0 Å². The maximum atomic E-state index is 11.1. The van der Waals surface area contributed by atoms with Crippen molar-refractivity contribution in [3.05, 3.63) is 0 Å². The van der Waals surface area contributed by atoms with E-state index in [2.05, 4.69) is 79.9 Å². The summed E-state index contributed by atoms with van der Waals surface area (Å²) >= 11 is 0. The van der Waals surface area contributed by atoms with Crippen LogP contribution in [0.25, 0.3) is 0 Å². The zero-order chi connectivity index (χ0) is 23.5. The smallest absolute Gasteiger partial charge is 0.326 e. The lowest BCUT2D eigenvalue weighted by Crippen LogP contribution is -2.61. The van der Waals surface area contributed by atoms with Crippen molar-refractivity contribution in [2.45, 2.75) is 130 Å². The average molecular weight is 529 g/mol. The van der Waals surface area contributed by atoms with Crippen molar-refractivity contribution in [2.75, 3.05) is 0 Å². The summed E-state index contributed by atoms with van der Waals surface area (Å²) in [5.74, 6) is 0. The Morgan fingerprint density at radius 1 is 0.567 bits per heavy atom. The number of hydrogen-bond donors (Lipinski definition) is 1. The molecule has 0 aliphatic rings. The van der Waals surface area contributed by atoms with Crippen molar-refractivity contribution in [3.8, 4) is 0 Å². The standard InChI is InChI=1S/C20H52O4SSi5/c1-11-26(12-2)25-30(19-9,20-10)24-29(17-7,18-8)23-28(15-5,16-6)22-27(21,13-3)14-4/h21,26H,11-20H2,1-10H3. The van der Waals surface area contributed by atoms with E-state index in [1.165, 1.54) is 12.1 Å². The number of rotatable bonds is 18. The minimum absolute atomic E-state index is 0.730. The maximum Gasteiger partial charge on any atom is 0.326 e. The Balaban J connectivity index is 6.03. The topological polar surface area (TPSA) is 47.9 Å². The van der Waals surface area contributed by atoms with E-state index in [9.17, 15) is 4.80 Å². The first kappa shape index (κ1) is 31.3. The van der Waals surface area contributed by atoms with Gasteiger partial charge in [0.05, 0.1) is 7.95 Å². The third kappa shape index (κ3) is 8.56. The van der Waals surface area contributed by atoms with Crippen LogP contribution in [0.4, 0.5) is 0 Å². The fraction of sp³-hybridized carbons (Fsp3) is 1.00. The summed E-state index contributed by atoms with van der Waals surface area (Å²) in [4.78, 5) is 11.1.